The number of hydrogen-bond donors (Lipinski definition) is 1. The van der Waals surface area contributed by atoms with Crippen molar-refractivity contribution in [2.24, 2.45) is 5.92 Å². The molecule has 2 nitrogen and oxygen atoms in total. The average Bonchev–Trinajstić information content (AvgIpc) is 2.28. The molecule has 1 N–H and O–H groups in total. The minimum Gasteiger partial charge on any atom is -0.380 e. The van der Waals surface area contributed by atoms with Crippen LogP contribution in [0.15, 0.2) is 28.7 Å². The van der Waals surface area contributed by atoms with Crippen molar-refractivity contribution < 1.29 is 4.74 Å². The number of ether oxygens (including phenoxy) is 1. The second kappa shape index (κ2) is 7.85. The lowest BCUT2D eigenvalue weighted by molar-refractivity contribution is 0.110. The molecule has 1 aromatic carbocycles. The zero-order valence-electron chi connectivity index (χ0n) is 10.9. The fraction of sp³-hybridized carbons (Fsp3) is 0.571. The van der Waals surface area contributed by atoms with E-state index in [0.29, 0.717) is 12.0 Å². The topological polar surface area (TPSA) is 21.3 Å². The Hall–Kier alpha value is -0.380. The van der Waals surface area contributed by atoms with Gasteiger partial charge in [-0.25, -0.2) is 0 Å². The van der Waals surface area contributed by atoms with Crippen molar-refractivity contribution in [2.45, 2.75) is 26.8 Å². The molecule has 1 atom stereocenters. The predicted molar refractivity (Wildman–Crippen MR) is 76.2 cm³/mol. The van der Waals surface area contributed by atoms with E-state index in [9.17, 15) is 0 Å². The van der Waals surface area contributed by atoms with Crippen LogP contribution < -0.4 is 5.32 Å². The van der Waals surface area contributed by atoms with E-state index in [1.54, 1.807) is 0 Å². The molecule has 0 spiro atoms. The normalized spacial score (nSPS) is 13.0. The first-order valence-electron chi connectivity index (χ1n) is 6.16. The van der Waals surface area contributed by atoms with Gasteiger partial charge in [-0.1, -0.05) is 41.9 Å². The molecule has 0 amide bonds. The molecule has 0 aliphatic rings. The molecule has 1 aromatic rings. The summed E-state index contributed by atoms with van der Waals surface area (Å²) < 4.78 is 6.66. The SMILES string of the molecule is CC(C)COCCNC(C)c1cccc(Br)c1. The molecule has 0 heterocycles. The molecule has 17 heavy (non-hydrogen) atoms. The third-order valence-corrected chi connectivity index (χ3v) is 2.99. The summed E-state index contributed by atoms with van der Waals surface area (Å²) in [5.74, 6) is 0.609. The lowest BCUT2D eigenvalue weighted by Crippen LogP contribution is -2.23. The van der Waals surface area contributed by atoms with Gasteiger partial charge in [0.25, 0.3) is 0 Å². The molecule has 0 aliphatic heterocycles. The summed E-state index contributed by atoms with van der Waals surface area (Å²) in [4.78, 5) is 0. The number of rotatable bonds is 7. The summed E-state index contributed by atoms with van der Waals surface area (Å²) >= 11 is 3.49. The van der Waals surface area contributed by atoms with Crippen molar-refractivity contribution in [1.82, 2.24) is 5.32 Å². The van der Waals surface area contributed by atoms with Crippen molar-refractivity contribution >= 4 is 15.9 Å². The van der Waals surface area contributed by atoms with Crippen molar-refractivity contribution in [2.75, 3.05) is 19.8 Å². The van der Waals surface area contributed by atoms with Crippen LogP contribution >= 0.6 is 15.9 Å². The van der Waals surface area contributed by atoms with Crippen LogP contribution in [0.1, 0.15) is 32.4 Å². The van der Waals surface area contributed by atoms with Gasteiger partial charge in [-0.05, 0) is 30.5 Å². The maximum absolute atomic E-state index is 5.53. The molecule has 3 heteroatoms. The Morgan fingerprint density at radius 2 is 2.06 bits per heavy atom. The van der Waals surface area contributed by atoms with E-state index in [4.69, 9.17) is 4.74 Å². The van der Waals surface area contributed by atoms with Crippen LogP contribution in [0.5, 0.6) is 0 Å². The summed E-state index contributed by atoms with van der Waals surface area (Å²) in [5.41, 5.74) is 1.29. The third kappa shape index (κ3) is 6.20. The summed E-state index contributed by atoms with van der Waals surface area (Å²) in [5, 5.41) is 3.45. The summed E-state index contributed by atoms with van der Waals surface area (Å²) in [6.45, 7) is 9.00. The quantitative estimate of drug-likeness (QED) is 0.774. The van der Waals surface area contributed by atoms with Crippen LogP contribution in [-0.4, -0.2) is 19.8 Å². The first-order valence-corrected chi connectivity index (χ1v) is 6.95. The standard InChI is InChI=1S/C14H22BrNO/c1-11(2)10-17-8-7-16-12(3)13-5-4-6-14(15)9-13/h4-6,9,11-12,16H,7-8,10H2,1-3H3. The van der Waals surface area contributed by atoms with E-state index in [-0.39, 0.29) is 0 Å². The minimum absolute atomic E-state index is 0.357. The monoisotopic (exact) mass is 299 g/mol. The second-order valence-electron chi connectivity index (χ2n) is 4.70. The van der Waals surface area contributed by atoms with Crippen LogP contribution in [0.4, 0.5) is 0 Å². The van der Waals surface area contributed by atoms with E-state index in [1.807, 2.05) is 6.07 Å². The van der Waals surface area contributed by atoms with Crippen LogP contribution in [0.2, 0.25) is 0 Å². The highest BCUT2D eigenvalue weighted by atomic mass is 79.9. The van der Waals surface area contributed by atoms with Crippen molar-refractivity contribution in [3.8, 4) is 0 Å². The Labute approximate surface area is 113 Å². The molecule has 0 aliphatic carbocycles. The number of benzene rings is 1. The Bertz CT molecular complexity index is 328. The fourth-order valence-corrected chi connectivity index (χ4v) is 1.98. The number of hydrogen-bond acceptors (Lipinski definition) is 2. The van der Waals surface area contributed by atoms with E-state index in [1.165, 1.54) is 5.56 Å². The second-order valence-corrected chi connectivity index (χ2v) is 5.62. The van der Waals surface area contributed by atoms with Gasteiger partial charge in [0.1, 0.15) is 0 Å². The molecule has 0 fully saturated rings. The molecule has 1 unspecified atom stereocenters. The molecular weight excluding hydrogens is 278 g/mol. The van der Waals surface area contributed by atoms with Gasteiger partial charge in [-0.2, -0.15) is 0 Å². The summed E-state index contributed by atoms with van der Waals surface area (Å²) in [6, 6.07) is 8.74. The van der Waals surface area contributed by atoms with Gasteiger partial charge < -0.3 is 10.1 Å². The minimum atomic E-state index is 0.357. The van der Waals surface area contributed by atoms with Gasteiger partial charge in [0, 0.05) is 23.7 Å². The van der Waals surface area contributed by atoms with Gasteiger partial charge in [-0.3, -0.25) is 0 Å². The summed E-state index contributed by atoms with van der Waals surface area (Å²) in [7, 11) is 0. The van der Waals surface area contributed by atoms with E-state index in [2.05, 4.69) is 60.2 Å². The third-order valence-electron chi connectivity index (χ3n) is 2.50. The van der Waals surface area contributed by atoms with Gasteiger partial charge >= 0.3 is 0 Å². The van der Waals surface area contributed by atoms with Crippen molar-refractivity contribution in [1.29, 1.82) is 0 Å². The van der Waals surface area contributed by atoms with E-state index >= 15 is 0 Å². The molecular formula is C14H22BrNO. The lowest BCUT2D eigenvalue weighted by Gasteiger charge is -2.15. The van der Waals surface area contributed by atoms with E-state index in [0.717, 1.165) is 24.2 Å². The smallest absolute Gasteiger partial charge is 0.0591 e. The average molecular weight is 300 g/mol. The van der Waals surface area contributed by atoms with Gasteiger partial charge in [0.05, 0.1) is 6.61 Å². The molecule has 0 radical (unpaired) electrons. The molecule has 96 valence electrons. The highest BCUT2D eigenvalue weighted by Crippen LogP contribution is 2.17. The lowest BCUT2D eigenvalue weighted by atomic mass is 10.1. The fourth-order valence-electron chi connectivity index (χ4n) is 1.56. The van der Waals surface area contributed by atoms with E-state index < -0.39 is 0 Å². The van der Waals surface area contributed by atoms with Crippen LogP contribution in [0.3, 0.4) is 0 Å². The predicted octanol–water partition coefficient (Wildman–Crippen LogP) is 3.77. The Morgan fingerprint density at radius 1 is 1.29 bits per heavy atom. The maximum atomic E-state index is 5.53. The summed E-state index contributed by atoms with van der Waals surface area (Å²) in [6.07, 6.45) is 0. The van der Waals surface area contributed by atoms with Crippen LogP contribution in [0, 0.1) is 5.92 Å². The highest BCUT2D eigenvalue weighted by molar-refractivity contribution is 9.10. The first kappa shape index (κ1) is 14.7. The zero-order chi connectivity index (χ0) is 12.7. The maximum Gasteiger partial charge on any atom is 0.0591 e. The molecule has 0 bridgehead atoms. The first-order chi connectivity index (χ1) is 8.09. The van der Waals surface area contributed by atoms with Crippen LogP contribution in [-0.2, 0) is 4.74 Å². The van der Waals surface area contributed by atoms with Crippen LogP contribution in [0.25, 0.3) is 0 Å². The van der Waals surface area contributed by atoms with Crippen molar-refractivity contribution in [3.63, 3.8) is 0 Å². The largest absolute Gasteiger partial charge is 0.380 e. The molecule has 0 saturated carbocycles. The Morgan fingerprint density at radius 3 is 2.71 bits per heavy atom. The van der Waals surface area contributed by atoms with Gasteiger partial charge in [0.2, 0.25) is 0 Å². The van der Waals surface area contributed by atoms with Crippen molar-refractivity contribution in [3.05, 3.63) is 34.3 Å². The van der Waals surface area contributed by atoms with Gasteiger partial charge in [0.15, 0.2) is 0 Å². The highest BCUT2D eigenvalue weighted by Gasteiger charge is 2.04. The van der Waals surface area contributed by atoms with Gasteiger partial charge in [-0.15, -0.1) is 0 Å². The molecule has 1 rings (SSSR count). The Kier molecular flexibility index (Phi) is 6.78. The number of nitrogens with one attached hydrogen (secondary N) is 1. The number of halogens is 1. The Balaban J connectivity index is 2.23. The molecule has 0 aromatic heterocycles. The zero-order valence-corrected chi connectivity index (χ0v) is 12.5. The molecule has 0 saturated heterocycles.